The lowest BCUT2D eigenvalue weighted by Gasteiger charge is -2.12. The molecule has 0 radical (unpaired) electrons. The van der Waals surface area contributed by atoms with E-state index >= 15 is 0 Å². The summed E-state index contributed by atoms with van der Waals surface area (Å²) in [7, 11) is 0. The van der Waals surface area contributed by atoms with Crippen LogP contribution in [0.15, 0.2) is 89.9 Å². The monoisotopic (exact) mass is 526 g/mol. The van der Waals surface area contributed by atoms with Gasteiger partial charge in [0, 0.05) is 27.4 Å². The molecule has 0 aliphatic carbocycles. The van der Waals surface area contributed by atoms with Crippen molar-refractivity contribution in [3.8, 4) is 0 Å². The van der Waals surface area contributed by atoms with E-state index in [1.807, 2.05) is 54.6 Å². The molecule has 4 aromatic rings. The van der Waals surface area contributed by atoms with Crippen LogP contribution in [0.25, 0.3) is 0 Å². The first-order chi connectivity index (χ1) is 18.0. The van der Waals surface area contributed by atoms with Gasteiger partial charge < -0.3 is 5.32 Å². The molecule has 0 saturated heterocycles. The number of hydrogen-bond donors (Lipinski definition) is 1. The lowest BCUT2D eigenvalue weighted by Crippen LogP contribution is -2.27. The Kier molecular flexibility index (Phi) is 7.87. The Morgan fingerprint density at radius 3 is 2.30 bits per heavy atom. The molecule has 3 aromatic carbocycles. The molecule has 5 rings (SSSR count). The third-order valence-electron chi connectivity index (χ3n) is 6.59. The van der Waals surface area contributed by atoms with Gasteiger partial charge in [-0.25, -0.2) is 0 Å². The number of amides is 1. The number of carbonyl (C=O) groups excluding carboxylic acids is 1. The number of rotatable bonds is 8. The average Bonchev–Trinajstić information content (AvgIpc) is 3.24. The van der Waals surface area contributed by atoms with E-state index in [9.17, 15) is 4.79 Å². The fourth-order valence-electron chi connectivity index (χ4n) is 4.74. The fraction of sp³-hybridized carbons (Fsp3) is 0.250. The highest BCUT2D eigenvalue weighted by Crippen LogP contribution is 2.35. The van der Waals surface area contributed by atoms with Gasteiger partial charge in [-0.2, -0.15) is 0 Å². The number of nitrogens with one attached hydrogen (secondary N) is 1. The largest absolute Gasteiger partial charge is 0.315 e. The summed E-state index contributed by atoms with van der Waals surface area (Å²) >= 11 is 8.27. The maximum absolute atomic E-state index is 13.3. The summed E-state index contributed by atoms with van der Waals surface area (Å²) in [6, 6.07) is 28.4. The molecule has 0 saturated carbocycles. The number of aryl methyl sites for hydroxylation is 2. The van der Waals surface area contributed by atoms with Crippen LogP contribution in [0.5, 0.6) is 0 Å². The van der Waals surface area contributed by atoms with Crippen LogP contribution in [0.3, 0.4) is 0 Å². The van der Waals surface area contributed by atoms with E-state index in [0.29, 0.717) is 17.4 Å². The molecule has 2 heterocycles. The molecular formula is C32H31ClN2OS. The van der Waals surface area contributed by atoms with Crippen LogP contribution >= 0.6 is 22.9 Å². The number of halogens is 1. The highest BCUT2D eigenvalue weighted by molar-refractivity contribution is 7.16. The maximum Gasteiger partial charge on any atom is 0.250 e. The summed E-state index contributed by atoms with van der Waals surface area (Å²) < 4.78 is 0. The minimum atomic E-state index is -0.527. The molecule has 188 valence electrons. The van der Waals surface area contributed by atoms with Crippen LogP contribution in [-0.2, 0) is 30.5 Å². The van der Waals surface area contributed by atoms with E-state index in [-0.39, 0.29) is 5.91 Å². The average molecular weight is 527 g/mol. The van der Waals surface area contributed by atoms with Crippen molar-refractivity contribution in [2.75, 3.05) is 5.32 Å². The minimum Gasteiger partial charge on any atom is -0.315 e. The Balaban J connectivity index is 1.43. The van der Waals surface area contributed by atoms with Gasteiger partial charge in [0.1, 0.15) is 11.0 Å². The molecular weight excluding hydrogens is 496 g/mol. The van der Waals surface area contributed by atoms with Gasteiger partial charge in [0.15, 0.2) is 0 Å². The second kappa shape index (κ2) is 11.5. The fourth-order valence-corrected chi connectivity index (χ4v) is 6.02. The Hall–Kier alpha value is -3.21. The standard InChI is InChI=1S/C32H31ClN2OS/c1-21(2)18-24-14-12-22(13-15-24)16-17-25-20-27-30(26-10-6-7-11-28(26)33)34-29(31(36)35-32(27)37-25)19-23-8-4-3-5-9-23/h3-15,20-21,29H,16-19H2,1-2H3,(H,35,36). The normalized spacial score (nSPS) is 15.2. The zero-order valence-electron chi connectivity index (χ0n) is 21.2. The zero-order chi connectivity index (χ0) is 25.8. The molecule has 0 bridgehead atoms. The lowest BCUT2D eigenvalue weighted by molar-refractivity contribution is -0.117. The SMILES string of the molecule is CC(C)Cc1ccc(CCc2cc3c(s2)NC(=O)C(Cc2ccccc2)N=C3c2ccccc2Cl)cc1. The summed E-state index contributed by atoms with van der Waals surface area (Å²) in [5.74, 6) is 0.574. The highest BCUT2D eigenvalue weighted by Gasteiger charge is 2.28. The molecule has 0 fully saturated rings. The van der Waals surface area contributed by atoms with Crippen molar-refractivity contribution in [1.29, 1.82) is 0 Å². The summed E-state index contributed by atoms with van der Waals surface area (Å²) in [4.78, 5) is 19.5. The second-order valence-corrected chi connectivity index (χ2v) is 11.6. The molecule has 3 nitrogen and oxygen atoms in total. The van der Waals surface area contributed by atoms with E-state index < -0.39 is 6.04 Å². The number of anilines is 1. The van der Waals surface area contributed by atoms with E-state index in [1.165, 1.54) is 16.0 Å². The predicted octanol–water partition coefficient (Wildman–Crippen LogP) is 7.79. The van der Waals surface area contributed by atoms with Gasteiger partial charge >= 0.3 is 0 Å². The number of nitrogens with zero attached hydrogens (tertiary/aromatic N) is 1. The molecule has 1 aromatic heterocycles. The van der Waals surface area contributed by atoms with E-state index in [0.717, 1.165) is 46.7 Å². The van der Waals surface area contributed by atoms with Crippen molar-refractivity contribution >= 4 is 39.6 Å². The lowest BCUT2D eigenvalue weighted by atomic mass is 10.00. The molecule has 1 atom stereocenters. The molecule has 0 spiro atoms. The smallest absolute Gasteiger partial charge is 0.250 e. The van der Waals surface area contributed by atoms with Crippen LogP contribution in [0.2, 0.25) is 5.02 Å². The summed E-state index contributed by atoms with van der Waals surface area (Å²) in [5.41, 5.74) is 6.36. The zero-order valence-corrected chi connectivity index (χ0v) is 22.8. The van der Waals surface area contributed by atoms with Crippen LogP contribution in [0.4, 0.5) is 5.00 Å². The first kappa shape index (κ1) is 25.4. The number of hydrogen-bond acceptors (Lipinski definition) is 3. The Morgan fingerprint density at radius 1 is 0.865 bits per heavy atom. The third-order valence-corrected chi connectivity index (χ3v) is 8.03. The summed E-state index contributed by atoms with van der Waals surface area (Å²) in [6.45, 7) is 4.50. The van der Waals surface area contributed by atoms with Gasteiger partial charge in [-0.1, -0.05) is 98.2 Å². The van der Waals surface area contributed by atoms with E-state index in [2.05, 4.69) is 49.5 Å². The molecule has 1 N–H and O–H groups in total. The highest BCUT2D eigenvalue weighted by atomic mass is 35.5. The molecule has 37 heavy (non-hydrogen) atoms. The van der Waals surface area contributed by atoms with Crippen LogP contribution < -0.4 is 5.32 Å². The number of benzene rings is 3. The molecule has 1 aliphatic heterocycles. The Bertz CT molecular complexity index is 1410. The third kappa shape index (κ3) is 6.20. The number of thiophene rings is 1. The van der Waals surface area contributed by atoms with Gasteiger partial charge in [0.2, 0.25) is 5.91 Å². The quantitative estimate of drug-likeness (QED) is 0.250. The Labute approximate surface area is 228 Å². The molecule has 1 unspecified atom stereocenters. The first-order valence-corrected chi connectivity index (χ1v) is 14.0. The molecule has 1 aliphatic rings. The number of aliphatic imine (C=N–C) groups is 1. The van der Waals surface area contributed by atoms with Gasteiger partial charge in [-0.3, -0.25) is 9.79 Å². The van der Waals surface area contributed by atoms with Gasteiger partial charge in [-0.05, 0) is 54.0 Å². The van der Waals surface area contributed by atoms with E-state index in [1.54, 1.807) is 11.3 Å². The van der Waals surface area contributed by atoms with Crippen molar-refractivity contribution in [2.45, 2.75) is 45.6 Å². The molecule has 1 amide bonds. The van der Waals surface area contributed by atoms with E-state index in [4.69, 9.17) is 16.6 Å². The minimum absolute atomic E-state index is 0.0821. The second-order valence-electron chi connectivity index (χ2n) is 10.0. The van der Waals surface area contributed by atoms with Crippen LogP contribution in [0, 0.1) is 5.92 Å². The van der Waals surface area contributed by atoms with Crippen LogP contribution in [0.1, 0.15) is 46.5 Å². The van der Waals surface area contributed by atoms with Crippen molar-refractivity contribution in [2.24, 2.45) is 10.9 Å². The number of carbonyl (C=O) groups is 1. The molecule has 5 heteroatoms. The topological polar surface area (TPSA) is 41.5 Å². The van der Waals surface area contributed by atoms with Crippen molar-refractivity contribution in [1.82, 2.24) is 0 Å². The van der Waals surface area contributed by atoms with Crippen molar-refractivity contribution in [3.63, 3.8) is 0 Å². The van der Waals surface area contributed by atoms with Crippen LogP contribution in [-0.4, -0.2) is 17.7 Å². The predicted molar refractivity (Wildman–Crippen MR) is 156 cm³/mol. The van der Waals surface area contributed by atoms with Crippen molar-refractivity contribution < 1.29 is 4.79 Å². The Morgan fingerprint density at radius 2 is 1.57 bits per heavy atom. The first-order valence-electron chi connectivity index (χ1n) is 12.8. The summed E-state index contributed by atoms with van der Waals surface area (Å²) in [5, 5.41) is 4.66. The van der Waals surface area contributed by atoms with Gasteiger partial charge in [0.25, 0.3) is 0 Å². The van der Waals surface area contributed by atoms with Crippen molar-refractivity contribution in [3.05, 3.63) is 123 Å². The summed E-state index contributed by atoms with van der Waals surface area (Å²) in [6.07, 6.45) is 3.49. The van der Waals surface area contributed by atoms with Gasteiger partial charge in [0.05, 0.1) is 5.71 Å². The number of fused-ring (bicyclic) bond motifs is 1. The van der Waals surface area contributed by atoms with Gasteiger partial charge in [-0.15, -0.1) is 11.3 Å². The maximum atomic E-state index is 13.3.